The fraction of sp³-hybridized carbons (Fsp3) is 0.875. The normalized spacial score (nSPS) is 52.4. The minimum absolute atomic E-state index is 0.0150. The average Bonchev–Trinajstić information content (AvgIpc) is 2.61. The van der Waals surface area contributed by atoms with Crippen molar-refractivity contribution in [2.45, 2.75) is 32.5 Å². The van der Waals surface area contributed by atoms with Crippen molar-refractivity contribution >= 4 is 5.78 Å². The number of hydrogen-bond donors (Lipinski definition) is 0. The molecule has 2 heteroatoms. The molecule has 1 aliphatic carbocycles. The third kappa shape index (κ3) is 0.717. The summed E-state index contributed by atoms with van der Waals surface area (Å²) >= 11 is 0. The van der Waals surface area contributed by atoms with E-state index in [1.807, 2.05) is 6.92 Å². The second-order valence-corrected chi connectivity index (χ2v) is 3.54. The summed E-state index contributed by atoms with van der Waals surface area (Å²) in [7, 11) is 0. The first kappa shape index (κ1) is 6.35. The SMILES string of the molecule is C[C@@H]1C[C@H](C)[C@H]2O[C@H]2C1=O. The molecule has 1 aliphatic heterocycles. The maximum absolute atomic E-state index is 11.2. The summed E-state index contributed by atoms with van der Waals surface area (Å²) in [6.07, 6.45) is 1.28. The summed E-state index contributed by atoms with van der Waals surface area (Å²) in [5.74, 6) is 1.15. The quantitative estimate of drug-likeness (QED) is 0.470. The number of epoxide rings is 1. The monoisotopic (exact) mass is 140 g/mol. The van der Waals surface area contributed by atoms with Gasteiger partial charge in [0.1, 0.15) is 6.10 Å². The lowest BCUT2D eigenvalue weighted by molar-refractivity contribution is -0.124. The molecule has 1 saturated carbocycles. The number of Topliss-reactive ketones (excluding diaryl/α,β-unsaturated/α-hetero) is 1. The van der Waals surface area contributed by atoms with Gasteiger partial charge in [0.15, 0.2) is 5.78 Å². The molecule has 1 saturated heterocycles. The Morgan fingerprint density at radius 1 is 1.50 bits per heavy atom. The van der Waals surface area contributed by atoms with Crippen LogP contribution in [-0.4, -0.2) is 18.0 Å². The molecule has 4 atom stereocenters. The average molecular weight is 140 g/mol. The highest BCUT2D eigenvalue weighted by molar-refractivity contribution is 5.88. The Labute approximate surface area is 60.6 Å². The summed E-state index contributed by atoms with van der Waals surface area (Å²) in [5.41, 5.74) is 0. The molecule has 0 amide bonds. The van der Waals surface area contributed by atoms with E-state index in [0.29, 0.717) is 11.7 Å². The first-order chi connectivity index (χ1) is 4.70. The molecule has 0 bridgehead atoms. The lowest BCUT2D eigenvalue weighted by Gasteiger charge is -2.17. The lowest BCUT2D eigenvalue weighted by Crippen LogP contribution is -2.29. The molecule has 2 rings (SSSR count). The molecular weight excluding hydrogens is 128 g/mol. The highest BCUT2D eigenvalue weighted by Crippen LogP contribution is 2.40. The van der Waals surface area contributed by atoms with E-state index in [-0.39, 0.29) is 18.1 Å². The van der Waals surface area contributed by atoms with Crippen LogP contribution in [-0.2, 0) is 9.53 Å². The van der Waals surface area contributed by atoms with E-state index < -0.39 is 0 Å². The smallest absolute Gasteiger partial charge is 0.167 e. The Morgan fingerprint density at radius 3 is 2.90 bits per heavy atom. The third-order valence-electron chi connectivity index (χ3n) is 2.58. The fourth-order valence-corrected chi connectivity index (χ4v) is 1.87. The zero-order valence-corrected chi connectivity index (χ0v) is 6.33. The Morgan fingerprint density at radius 2 is 2.20 bits per heavy atom. The van der Waals surface area contributed by atoms with Gasteiger partial charge in [-0.3, -0.25) is 4.79 Å². The topological polar surface area (TPSA) is 29.6 Å². The van der Waals surface area contributed by atoms with Crippen LogP contribution in [0.25, 0.3) is 0 Å². The molecular formula is C8H12O2. The van der Waals surface area contributed by atoms with E-state index in [9.17, 15) is 4.79 Å². The Bertz CT molecular complexity index is 172. The van der Waals surface area contributed by atoms with Gasteiger partial charge in [-0.2, -0.15) is 0 Å². The summed E-state index contributed by atoms with van der Waals surface area (Å²) < 4.78 is 5.22. The second-order valence-electron chi connectivity index (χ2n) is 3.54. The van der Waals surface area contributed by atoms with Crippen molar-refractivity contribution < 1.29 is 9.53 Å². The molecule has 0 spiro atoms. The molecule has 1 heterocycles. The molecule has 0 aromatic rings. The van der Waals surface area contributed by atoms with Crippen molar-refractivity contribution in [3.63, 3.8) is 0 Å². The molecule has 0 N–H and O–H groups in total. The van der Waals surface area contributed by atoms with Gasteiger partial charge in [-0.25, -0.2) is 0 Å². The molecule has 0 aromatic carbocycles. The van der Waals surface area contributed by atoms with Gasteiger partial charge in [0, 0.05) is 5.92 Å². The zero-order valence-electron chi connectivity index (χ0n) is 6.33. The highest BCUT2D eigenvalue weighted by atomic mass is 16.6. The number of ether oxygens (including phenoxy) is 1. The first-order valence-electron chi connectivity index (χ1n) is 3.89. The van der Waals surface area contributed by atoms with Gasteiger partial charge in [-0.1, -0.05) is 13.8 Å². The van der Waals surface area contributed by atoms with E-state index in [1.165, 1.54) is 0 Å². The molecule has 0 aromatic heterocycles. The Kier molecular flexibility index (Phi) is 1.15. The van der Waals surface area contributed by atoms with E-state index >= 15 is 0 Å². The fourth-order valence-electron chi connectivity index (χ4n) is 1.87. The predicted octanol–water partition coefficient (Wildman–Crippen LogP) is 0.999. The van der Waals surface area contributed by atoms with Crippen molar-refractivity contribution in [3.8, 4) is 0 Å². The van der Waals surface area contributed by atoms with Crippen molar-refractivity contribution in [1.29, 1.82) is 0 Å². The van der Waals surface area contributed by atoms with Gasteiger partial charge in [-0.05, 0) is 12.3 Å². The molecule has 2 nitrogen and oxygen atoms in total. The second kappa shape index (κ2) is 1.82. The van der Waals surface area contributed by atoms with E-state index in [0.717, 1.165) is 6.42 Å². The van der Waals surface area contributed by atoms with Crippen molar-refractivity contribution in [1.82, 2.24) is 0 Å². The third-order valence-corrected chi connectivity index (χ3v) is 2.58. The van der Waals surface area contributed by atoms with Gasteiger partial charge in [-0.15, -0.1) is 0 Å². The molecule has 2 fully saturated rings. The van der Waals surface area contributed by atoms with Crippen LogP contribution >= 0.6 is 0 Å². The van der Waals surface area contributed by atoms with Crippen LogP contribution in [0.5, 0.6) is 0 Å². The standard InChI is InChI=1S/C8H12O2/c1-4-3-5(2)7-8(10-7)6(4)9/h4-5,7-8H,3H2,1-2H3/t4-,5+,7-,8+/m1/s1. The van der Waals surface area contributed by atoms with E-state index in [1.54, 1.807) is 0 Å². The van der Waals surface area contributed by atoms with Crippen molar-refractivity contribution in [3.05, 3.63) is 0 Å². The van der Waals surface area contributed by atoms with Gasteiger partial charge >= 0.3 is 0 Å². The van der Waals surface area contributed by atoms with Gasteiger partial charge in [0.05, 0.1) is 6.10 Å². The van der Waals surface area contributed by atoms with Crippen LogP contribution in [0.1, 0.15) is 20.3 Å². The Balaban J connectivity index is 2.12. The van der Waals surface area contributed by atoms with Crippen molar-refractivity contribution in [2.24, 2.45) is 11.8 Å². The minimum Gasteiger partial charge on any atom is -0.361 e. The summed E-state index contributed by atoms with van der Waals surface area (Å²) in [4.78, 5) is 11.2. The number of rotatable bonds is 0. The van der Waals surface area contributed by atoms with Crippen LogP contribution in [0, 0.1) is 11.8 Å². The molecule has 0 radical (unpaired) electrons. The predicted molar refractivity (Wildman–Crippen MR) is 36.6 cm³/mol. The number of carbonyl (C=O) groups excluding carboxylic acids is 1. The number of carbonyl (C=O) groups is 1. The summed E-state index contributed by atoms with van der Waals surface area (Å²) in [5, 5.41) is 0. The van der Waals surface area contributed by atoms with E-state index in [4.69, 9.17) is 4.74 Å². The highest BCUT2D eigenvalue weighted by Gasteiger charge is 2.53. The lowest BCUT2D eigenvalue weighted by atomic mass is 9.83. The van der Waals surface area contributed by atoms with Gasteiger partial charge < -0.3 is 4.74 Å². The molecule has 2 aliphatic rings. The molecule has 56 valence electrons. The number of hydrogen-bond acceptors (Lipinski definition) is 2. The molecule has 0 unspecified atom stereocenters. The summed E-state index contributed by atoms with van der Waals surface area (Å²) in [6.45, 7) is 4.16. The first-order valence-corrected chi connectivity index (χ1v) is 3.89. The zero-order chi connectivity index (χ0) is 7.30. The largest absolute Gasteiger partial charge is 0.361 e. The minimum atomic E-state index is -0.0150. The number of fused-ring (bicyclic) bond motifs is 1. The Hall–Kier alpha value is -0.370. The van der Waals surface area contributed by atoms with Crippen LogP contribution in [0.3, 0.4) is 0 Å². The van der Waals surface area contributed by atoms with Crippen LogP contribution < -0.4 is 0 Å². The van der Waals surface area contributed by atoms with Crippen LogP contribution in [0.2, 0.25) is 0 Å². The van der Waals surface area contributed by atoms with Crippen LogP contribution in [0.15, 0.2) is 0 Å². The number of ketones is 1. The van der Waals surface area contributed by atoms with Crippen molar-refractivity contribution in [2.75, 3.05) is 0 Å². The van der Waals surface area contributed by atoms with Gasteiger partial charge in [0.2, 0.25) is 0 Å². The van der Waals surface area contributed by atoms with Gasteiger partial charge in [0.25, 0.3) is 0 Å². The van der Waals surface area contributed by atoms with E-state index in [2.05, 4.69) is 6.92 Å². The summed E-state index contributed by atoms with van der Waals surface area (Å²) in [6, 6.07) is 0. The maximum Gasteiger partial charge on any atom is 0.167 e. The van der Waals surface area contributed by atoms with Crippen LogP contribution in [0.4, 0.5) is 0 Å². The maximum atomic E-state index is 11.2. The molecule has 10 heavy (non-hydrogen) atoms.